The summed E-state index contributed by atoms with van der Waals surface area (Å²) in [4.78, 5) is 30.6. The number of amidine groups is 1. The zero-order valence-electron chi connectivity index (χ0n) is 12.5. The van der Waals surface area contributed by atoms with Crippen LogP contribution in [-0.4, -0.2) is 30.7 Å². The molecule has 2 aliphatic rings. The average Bonchev–Trinajstić information content (AvgIpc) is 2.87. The van der Waals surface area contributed by atoms with Gasteiger partial charge in [-0.1, -0.05) is 12.1 Å². The lowest BCUT2D eigenvalue weighted by Crippen LogP contribution is -2.31. The lowest BCUT2D eigenvalue weighted by atomic mass is 10.1. The molecule has 0 fully saturated rings. The van der Waals surface area contributed by atoms with E-state index in [1.54, 1.807) is 36.4 Å². The molecule has 0 aliphatic carbocycles. The van der Waals surface area contributed by atoms with Gasteiger partial charge in [-0.2, -0.15) is 0 Å². The van der Waals surface area contributed by atoms with Crippen molar-refractivity contribution in [3.63, 3.8) is 0 Å². The summed E-state index contributed by atoms with van der Waals surface area (Å²) < 4.78 is 0. The maximum Gasteiger partial charge on any atom is 0.266 e. The van der Waals surface area contributed by atoms with E-state index in [-0.39, 0.29) is 11.8 Å². The Bertz CT molecular complexity index is 789. The number of nitrogens with one attached hydrogen (secondary N) is 1. The zero-order chi connectivity index (χ0) is 15.8. The fourth-order valence-electron chi connectivity index (χ4n) is 2.92. The van der Waals surface area contributed by atoms with Crippen LogP contribution in [0.4, 0.5) is 5.69 Å². The zero-order valence-corrected chi connectivity index (χ0v) is 12.5. The van der Waals surface area contributed by atoms with Crippen LogP contribution in [0.25, 0.3) is 0 Å². The smallest absolute Gasteiger partial charge is 0.266 e. The number of amides is 2. The van der Waals surface area contributed by atoms with Crippen molar-refractivity contribution in [1.29, 1.82) is 0 Å². The van der Waals surface area contributed by atoms with Crippen molar-refractivity contribution in [2.45, 2.75) is 6.42 Å². The molecule has 0 bridgehead atoms. The predicted molar refractivity (Wildman–Crippen MR) is 88.0 cm³/mol. The van der Waals surface area contributed by atoms with Crippen molar-refractivity contribution in [2.75, 3.05) is 18.0 Å². The molecule has 0 spiro atoms. The molecule has 2 aromatic carbocycles. The summed E-state index contributed by atoms with van der Waals surface area (Å²) >= 11 is 0. The number of fused-ring (bicyclic) bond motifs is 1. The number of rotatable bonds is 2. The summed E-state index contributed by atoms with van der Waals surface area (Å²) in [5, 5.41) is 3.26. The first-order chi connectivity index (χ1) is 11.3. The fourth-order valence-corrected chi connectivity index (χ4v) is 2.92. The SMILES string of the molecule is O=C1c2ccccc2C(=O)N1c1ccc(C2=NCCCN2)cc1. The van der Waals surface area contributed by atoms with Crippen molar-refractivity contribution in [3.05, 3.63) is 65.2 Å². The van der Waals surface area contributed by atoms with Crippen LogP contribution in [0.5, 0.6) is 0 Å². The Hall–Kier alpha value is -2.95. The molecule has 23 heavy (non-hydrogen) atoms. The third kappa shape index (κ3) is 2.21. The molecule has 5 heteroatoms. The van der Waals surface area contributed by atoms with Gasteiger partial charge in [-0.05, 0) is 42.8 Å². The quantitative estimate of drug-likeness (QED) is 0.866. The minimum absolute atomic E-state index is 0.272. The number of hydrogen-bond donors (Lipinski definition) is 1. The molecule has 5 nitrogen and oxygen atoms in total. The first kappa shape index (κ1) is 13.7. The van der Waals surface area contributed by atoms with E-state index >= 15 is 0 Å². The molecule has 0 saturated heterocycles. The van der Waals surface area contributed by atoms with Gasteiger partial charge in [0.15, 0.2) is 0 Å². The van der Waals surface area contributed by atoms with E-state index in [9.17, 15) is 9.59 Å². The second-order valence-electron chi connectivity index (χ2n) is 5.55. The number of benzene rings is 2. The third-order valence-corrected chi connectivity index (χ3v) is 4.09. The monoisotopic (exact) mass is 305 g/mol. The van der Waals surface area contributed by atoms with Gasteiger partial charge in [0.1, 0.15) is 5.84 Å². The highest BCUT2D eigenvalue weighted by atomic mass is 16.2. The lowest BCUT2D eigenvalue weighted by molar-refractivity contribution is 0.0926. The van der Waals surface area contributed by atoms with E-state index in [1.165, 1.54) is 4.90 Å². The predicted octanol–water partition coefficient (Wildman–Crippen LogP) is 2.23. The number of aliphatic imine (C=N–C) groups is 1. The third-order valence-electron chi connectivity index (χ3n) is 4.09. The number of nitrogens with zero attached hydrogens (tertiary/aromatic N) is 2. The molecule has 0 unspecified atom stereocenters. The van der Waals surface area contributed by atoms with Crippen LogP contribution in [0.1, 0.15) is 32.7 Å². The highest BCUT2D eigenvalue weighted by Crippen LogP contribution is 2.28. The van der Waals surface area contributed by atoms with E-state index in [4.69, 9.17) is 0 Å². The summed E-state index contributed by atoms with van der Waals surface area (Å²) in [6.07, 6.45) is 1.04. The highest BCUT2D eigenvalue weighted by Gasteiger charge is 2.36. The molecular weight excluding hydrogens is 290 g/mol. The molecule has 0 aromatic heterocycles. The van der Waals surface area contributed by atoms with Gasteiger partial charge >= 0.3 is 0 Å². The van der Waals surface area contributed by atoms with Gasteiger partial charge in [0.25, 0.3) is 11.8 Å². The van der Waals surface area contributed by atoms with E-state index in [2.05, 4.69) is 10.3 Å². The van der Waals surface area contributed by atoms with Crippen LogP contribution in [0.2, 0.25) is 0 Å². The second-order valence-corrected chi connectivity index (χ2v) is 5.55. The summed E-state index contributed by atoms with van der Waals surface area (Å²) in [6, 6.07) is 14.2. The standard InChI is InChI=1S/C18H15N3O2/c22-17-14-4-1-2-5-15(14)18(23)21(17)13-8-6-12(7-9-13)16-19-10-3-11-20-16/h1-2,4-9H,3,10-11H2,(H,19,20). The largest absolute Gasteiger partial charge is 0.370 e. The second kappa shape index (κ2) is 5.35. The molecule has 0 atom stereocenters. The van der Waals surface area contributed by atoms with Gasteiger partial charge in [0, 0.05) is 18.7 Å². The Morgan fingerprint density at radius 3 is 2.13 bits per heavy atom. The molecule has 2 heterocycles. The van der Waals surface area contributed by atoms with Crippen LogP contribution in [-0.2, 0) is 0 Å². The van der Waals surface area contributed by atoms with E-state index < -0.39 is 0 Å². The first-order valence-corrected chi connectivity index (χ1v) is 7.62. The molecular formula is C18H15N3O2. The van der Waals surface area contributed by atoms with Crippen molar-refractivity contribution in [3.8, 4) is 0 Å². The Morgan fingerprint density at radius 1 is 0.913 bits per heavy atom. The van der Waals surface area contributed by atoms with Crippen LogP contribution in [0.15, 0.2) is 53.5 Å². The van der Waals surface area contributed by atoms with Crippen molar-refractivity contribution in [1.82, 2.24) is 5.32 Å². The summed E-state index contributed by atoms with van der Waals surface area (Å²) in [5.41, 5.74) is 2.46. The molecule has 114 valence electrons. The molecule has 0 radical (unpaired) electrons. The molecule has 1 N–H and O–H groups in total. The molecule has 4 rings (SSSR count). The van der Waals surface area contributed by atoms with Crippen LogP contribution in [0, 0.1) is 0 Å². The fraction of sp³-hybridized carbons (Fsp3) is 0.167. The molecule has 0 saturated carbocycles. The number of carbonyl (C=O) groups excluding carboxylic acids is 2. The normalized spacial score (nSPS) is 16.9. The van der Waals surface area contributed by atoms with Crippen LogP contribution in [0.3, 0.4) is 0 Å². The Kier molecular flexibility index (Phi) is 3.19. The summed E-state index contributed by atoms with van der Waals surface area (Å²) in [5.74, 6) is 0.322. The van der Waals surface area contributed by atoms with E-state index in [0.29, 0.717) is 16.8 Å². The molecule has 2 amide bonds. The number of anilines is 1. The van der Waals surface area contributed by atoms with E-state index in [0.717, 1.165) is 30.9 Å². The number of hydrogen-bond acceptors (Lipinski definition) is 4. The van der Waals surface area contributed by atoms with Crippen LogP contribution < -0.4 is 10.2 Å². The molecule has 2 aliphatic heterocycles. The lowest BCUT2D eigenvalue weighted by Gasteiger charge is -2.17. The number of imide groups is 1. The van der Waals surface area contributed by atoms with Crippen LogP contribution >= 0.6 is 0 Å². The van der Waals surface area contributed by atoms with E-state index in [1.807, 2.05) is 12.1 Å². The maximum atomic E-state index is 12.5. The van der Waals surface area contributed by atoms with Gasteiger partial charge in [0.2, 0.25) is 0 Å². The van der Waals surface area contributed by atoms with Gasteiger partial charge in [0.05, 0.1) is 16.8 Å². The Morgan fingerprint density at radius 2 is 1.57 bits per heavy atom. The minimum atomic E-state index is -0.272. The van der Waals surface area contributed by atoms with Crippen molar-refractivity contribution in [2.24, 2.45) is 4.99 Å². The van der Waals surface area contributed by atoms with Crippen molar-refractivity contribution < 1.29 is 9.59 Å². The summed E-state index contributed by atoms with van der Waals surface area (Å²) in [6.45, 7) is 1.74. The van der Waals surface area contributed by atoms with Gasteiger partial charge < -0.3 is 5.32 Å². The topological polar surface area (TPSA) is 61.8 Å². The van der Waals surface area contributed by atoms with Crippen molar-refractivity contribution >= 4 is 23.3 Å². The maximum absolute atomic E-state index is 12.5. The minimum Gasteiger partial charge on any atom is -0.370 e. The summed E-state index contributed by atoms with van der Waals surface area (Å²) in [7, 11) is 0. The first-order valence-electron chi connectivity index (χ1n) is 7.62. The Labute approximate surface area is 133 Å². The average molecular weight is 305 g/mol. The number of carbonyl (C=O) groups is 2. The van der Waals surface area contributed by atoms with Gasteiger partial charge in [-0.3, -0.25) is 14.6 Å². The van der Waals surface area contributed by atoms with Gasteiger partial charge in [-0.25, -0.2) is 4.90 Å². The van der Waals surface area contributed by atoms with Gasteiger partial charge in [-0.15, -0.1) is 0 Å². The Balaban J connectivity index is 1.66. The molecule has 2 aromatic rings. The highest BCUT2D eigenvalue weighted by molar-refractivity contribution is 6.34.